The highest BCUT2D eigenvalue weighted by atomic mass is 35.5. The number of hydrogen-bond acceptors (Lipinski definition) is 2. The summed E-state index contributed by atoms with van der Waals surface area (Å²) < 4.78 is 0. The lowest BCUT2D eigenvalue weighted by molar-refractivity contribution is -0.119. The van der Waals surface area contributed by atoms with Crippen LogP contribution in [0.15, 0.2) is 18.2 Å². The van der Waals surface area contributed by atoms with Gasteiger partial charge in [-0.05, 0) is 30.7 Å². The molecule has 3 N–H and O–H groups in total. The lowest BCUT2D eigenvalue weighted by Gasteiger charge is -2.11. The van der Waals surface area contributed by atoms with E-state index in [1.54, 1.807) is 25.1 Å². The highest BCUT2D eigenvalue weighted by Crippen LogP contribution is 2.20. The molecule has 1 atom stereocenters. The van der Waals surface area contributed by atoms with Crippen LogP contribution < -0.4 is 11.1 Å². The standard InChI is InChI=1S/C10H12Cl2N2O/c1-6(10(13)15)14-5-7-4-8(11)2-3-9(7)12/h2-4,6,14H,5H2,1H3,(H2,13,15)/t6-/m0/s1. The molecule has 1 aromatic rings. The summed E-state index contributed by atoms with van der Waals surface area (Å²) in [5, 5.41) is 4.18. The smallest absolute Gasteiger partial charge is 0.234 e. The normalized spacial score (nSPS) is 12.5. The summed E-state index contributed by atoms with van der Waals surface area (Å²) in [6.45, 7) is 2.16. The highest BCUT2D eigenvalue weighted by Gasteiger charge is 2.08. The molecule has 82 valence electrons. The van der Waals surface area contributed by atoms with Crippen LogP contribution in [0.25, 0.3) is 0 Å². The Balaban J connectivity index is 2.65. The molecule has 0 aliphatic heterocycles. The van der Waals surface area contributed by atoms with Crippen molar-refractivity contribution in [2.24, 2.45) is 5.73 Å². The second-order valence-electron chi connectivity index (χ2n) is 3.24. The predicted octanol–water partition coefficient (Wildman–Crippen LogP) is 1.96. The first kappa shape index (κ1) is 12.3. The molecule has 0 bridgehead atoms. The van der Waals surface area contributed by atoms with E-state index in [1.165, 1.54) is 0 Å². The molecule has 15 heavy (non-hydrogen) atoms. The van der Waals surface area contributed by atoms with Crippen LogP contribution in [-0.2, 0) is 11.3 Å². The van der Waals surface area contributed by atoms with Gasteiger partial charge in [-0.1, -0.05) is 23.2 Å². The van der Waals surface area contributed by atoms with Gasteiger partial charge in [0.25, 0.3) is 0 Å². The van der Waals surface area contributed by atoms with Crippen molar-refractivity contribution in [1.29, 1.82) is 0 Å². The fraction of sp³-hybridized carbons (Fsp3) is 0.300. The van der Waals surface area contributed by atoms with E-state index < -0.39 is 5.91 Å². The van der Waals surface area contributed by atoms with Gasteiger partial charge in [0.1, 0.15) is 0 Å². The number of carbonyl (C=O) groups is 1. The van der Waals surface area contributed by atoms with Gasteiger partial charge in [0.2, 0.25) is 5.91 Å². The van der Waals surface area contributed by atoms with Crippen molar-refractivity contribution in [3.63, 3.8) is 0 Å². The lowest BCUT2D eigenvalue weighted by Crippen LogP contribution is -2.38. The first-order chi connectivity index (χ1) is 7.00. The minimum atomic E-state index is -0.395. The summed E-state index contributed by atoms with van der Waals surface area (Å²) in [5.74, 6) is -0.395. The zero-order valence-corrected chi connectivity index (χ0v) is 9.77. The van der Waals surface area contributed by atoms with Gasteiger partial charge in [-0.3, -0.25) is 4.79 Å². The van der Waals surface area contributed by atoms with Gasteiger partial charge in [0.05, 0.1) is 6.04 Å². The molecular formula is C10H12Cl2N2O. The van der Waals surface area contributed by atoms with E-state index in [9.17, 15) is 4.79 Å². The van der Waals surface area contributed by atoms with Crippen LogP contribution in [0.3, 0.4) is 0 Å². The molecule has 1 rings (SSSR count). The third-order valence-electron chi connectivity index (χ3n) is 2.03. The van der Waals surface area contributed by atoms with E-state index in [0.29, 0.717) is 16.6 Å². The van der Waals surface area contributed by atoms with E-state index >= 15 is 0 Å². The van der Waals surface area contributed by atoms with Gasteiger partial charge in [-0.2, -0.15) is 0 Å². The summed E-state index contributed by atoms with van der Waals surface area (Å²) >= 11 is 11.8. The maximum atomic E-state index is 10.8. The minimum absolute atomic E-state index is 0.389. The maximum absolute atomic E-state index is 10.8. The topological polar surface area (TPSA) is 55.1 Å². The Morgan fingerprint density at radius 2 is 2.20 bits per heavy atom. The summed E-state index contributed by atoms with van der Waals surface area (Å²) in [6.07, 6.45) is 0. The van der Waals surface area contributed by atoms with Crippen LogP contribution in [0, 0.1) is 0 Å². The SMILES string of the molecule is C[C@H](NCc1cc(Cl)ccc1Cl)C(N)=O. The van der Waals surface area contributed by atoms with Crippen molar-refractivity contribution in [3.8, 4) is 0 Å². The molecule has 0 heterocycles. The molecule has 0 saturated carbocycles. The van der Waals surface area contributed by atoms with Crippen LogP contribution in [0.2, 0.25) is 10.0 Å². The van der Waals surface area contributed by atoms with Gasteiger partial charge >= 0.3 is 0 Å². The molecule has 0 aliphatic rings. The molecular weight excluding hydrogens is 235 g/mol. The van der Waals surface area contributed by atoms with E-state index in [-0.39, 0.29) is 6.04 Å². The summed E-state index contributed by atoms with van der Waals surface area (Å²) in [5.41, 5.74) is 5.95. The zero-order chi connectivity index (χ0) is 11.4. The van der Waals surface area contributed by atoms with E-state index in [0.717, 1.165) is 5.56 Å². The first-order valence-electron chi connectivity index (χ1n) is 4.47. The number of nitrogens with two attached hydrogens (primary N) is 1. The molecule has 1 amide bonds. The third-order valence-corrected chi connectivity index (χ3v) is 2.64. The molecule has 1 aromatic carbocycles. The van der Waals surface area contributed by atoms with Gasteiger partial charge in [-0.25, -0.2) is 0 Å². The fourth-order valence-electron chi connectivity index (χ4n) is 1.04. The molecule has 0 unspecified atom stereocenters. The predicted molar refractivity (Wildman–Crippen MR) is 62.0 cm³/mol. The van der Waals surface area contributed by atoms with Crippen LogP contribution >= 0.6 is 23.2 Å². The highest BCUT2D eigenvalue weighted by molar-refractivity contribution is 6.33. The van der Waals surface area contributed by atoms with Gasteiger partial charge < -0.3 is 11.1 Å². The van der Waals surface area contributed by atoms with Gasteiger partial charge in [0.15, 0.2) is 0 Å². The van der Waals surface area contributed by atoms with Crippen molar-refractivity contribution in [2.45, 2.75) is 19.5 Å². The fourth-order valence-corrected chi connectivity index (χ4v) is 1.42. The van der Waals surface area contributed by atoms with Gasteiger partial charge in [-0.15, -0.1) is 0 Å². The van der Waals surface area contributed by atoms with E-state index in [4.69, 9.17) is 28.9 Å². The Kier molecular flexibility index (Phi) is 4.39. The number of rotatable bonds is 4. The van der Waals surface area contributed by atoms with Crippen molar-refractivity contribution in [1.82, 2.24) is 5.32 Å². The Labute approximate surface area is 98.5 Å². The molecule has 0 saturated heterocycles. The monoisotopic (exact) mass is 246 g/mol. The Morgan fingerprint density at radius 3 is 2.80 bits per heavy atom. The maximum Gasteiger partial charge on any atom is 0.234 e. The van der Waals surface area contributed by atoms with Crippen molar-refractivity contribution in [3.05, 3.63) is 33.8 Å². The number of primary amides is 1. The number of benzene rings is 1. The van der Waals surface area contributed by atoms with Crippen molar-refractivity contribution in [2.75, 3.05) is 0 Å². The lowest BCUT2D eigenvalue weighted by atomic mass is 10.2. The molecule has 0 aliphatic carbocycles. The molecule has 0 radical (unpaired) electrons. The largest absolute Gasteiger partial charge is 0.368 e. The average Bonchev–Trinajstić information content (AvgIpc) is 2.18. The van der Waals surface area contributed by atoms with E-state index in [2.05, 4.69) is 5.32 Å². The second kappa shape index (κ2) is 5.35. The average molecular weight is 247 g/mol. The summed E-state index contributed by atoms with van der Waals surface area (Å²) in [7, 11) is 0. The molecule has 3 nitrogen and oxygen atoms in total. The number of amides is 1. The number of halogens is 2. The Bertz CT molecular complexity index is 368. The second-order valence-corrected chi connectivity index (χ2v) is 4.08. The quantitative estimate of drug-likeness (QED) is 0.854. The number of carbonyl (C=O) groups excluding carboxylic acids is 1. The summed E-state index contributed by atoms with van der Waals surface area (Å²) in [4.78, 5) is 10.8. The molecule has 0 fully saturated rings. The van der Waals surface area contributed by atoms with Crippen LogP contribution in [-0.4, -0.2) is 11.9 Å². The van der Waals surface area contributed by atoms with Crippen LogP contribution in [0.1, 0.15) is 12.5 Å². The Hall–Kier alpha value is -0.770. The zero-order valence-electron chi connectivity index (χ0n) is 8.26. The van der Waals surface area contributed by atoms with E-state index in [1.807, 2.05) is 0 Å². The molecule has 5 heteroatoms. The molecule has 0 aromatic heterocycles. The third kappa shape index (κ3) is 3.70. The first-order valence-corrected chi connectivity index (χ1v) is 5.23. The van der Waals surface area contributed by atoms with Gasteiger partial charge in [0, 0.05) is 16.6 Å². The molecule has 0 spiro atoms. The Morgan fingerprint density at radius 1 is 1.53 bits per heavy atom. The number of nitrogens with one attached hydrogen (secondary N) is 1. The van der Waals surface area contributed by atoms with Crippen LogP contribution in [0.5, 0.6) is 0 Å². The van der Waals surface area contributed by atoms with Crippen molar-refractivity contribution >= 4 is 29.1 Å². The number of hydrogen-bond donors (Lipinski definition) is 2. The van der Waals surface area contributed by atoms with Crippen LogP contribution in [0.4, 0.5) is 0 Å². The van der Waals surface area contributed by atoms with Crippen molar-refractivity contribution < 1.29 is 4.79 Å². The summed E-state index contributed by atoms with van der Waals surface area (Å²) in [6, 6.07) is 4.80. The minimum Gasteiger partial charge on any atom is -0.368 e.